The summed E-state index contributed by atoms with van der Waals surface area (Å²) in [6, 6.07) is 0.866. The third-order valence-electron chi connectivity index (χ3n) is 3.27. The van der Waals surface area contributed by atoms with Crippen molar-refractivity contribution in [3.05, 3.63) is 0 Å². The fourth-order valence-corrected chi connectivity index (χ4v) is 1.91. The van der Waals surface area contributed by atoms with Gasteiger partial charge in [-0.2, -0.15) is 0 Å². The summed E-state index contributed by atoms with van der Waals surface area (Å²) in [5.74, 6) is 0. The molecule has 68 valence electrons. The summed E-state index contributed by atoms with van der Waals surface area (Å²) >= 11 is 0. The van der Waals surface area contributed by atoms with Gasteiger partial charge < -0.3 is 4.48 Å². The van der Waals surface area contributed by atoms with E-state index < -0.39 is 0 Å². The van der Waals surface area contributed by atoms with Crippen molar-refractivity contribution in [1.29, 1.82) is 0 Å². The van der Waals surface area contributed by atoms with Crippen molar-refractivity contribution in [2.75, 3.05) is 20.1 Å². The second-order valence-corrected chi connectivity index (χ2v) is 3.58. The minimum Gasteiger partial charge on any atom is -0.324 e. The highest BCUT2D eigenvalue weighted by Crippen LogP contribution is 2.15. The highest BCUT2D eigenvalue weighted by molar-refractivity contribution is 4.52. The first-order valence-corrected chi connectivity index (χ1v) is 4.98. The zero-order valence-electron chi connectivity index (χ0n) is 8.85. The van der Waals surface area contributed by atoms with Crippen LogP contribution in [-0.2, 0) is 0 Å². The molecular weight excluding hydrogens is 134 g/mol. The van der Waals surface area contributed by atoms with Gasteiger partial charge in [0.2, 0.25) is 0 Å². The second kappa shape index (κ2) is 4.76. The number of hydrogen-bond donors (Lipinski definition) is 0. The molecule has 0 rings (SSSR count). The molecule has 0 radical (unpaired) electrons. The second-order valence-electron chi connectivity index (χ2n) is 3.58. The van der Waals surface area contributed by atoms with Crippen LogP contribution in [0.25, 0.3) is 0 Å². The minimum absolute atomic E-state index is 0.866. The van der Waals surface area contributed by atoms with E-state index in [-0.39, 0.29) is 0 Å². The van der Waals surface area contributed by atoms with E-state index in [4.69, 9.17) is 0 Å². The van der Waals surface area contributed by atoms with Crippen molar-refractivity contribution in [3.63, 3.8) is 0 Å². The van der Waals surface area contributed by atoms with Crippen LogP contribution in [0.15, 0.2) is 0 Å². The first-order valence-electron chi connectivity index (χ1n) is 4.98. The molecule has 0 N–H and O–H groups in total. The van der Waals surface area contributed by atoms with Crippen LogP contribution in [0.2, 0.25) is 0 Å². The monoisotopic (exact) mass is 158 g/mol. The molecular formula is C10H24N+. The lowest BCUT2D eigenvalue weighted by molar-refractivity contribution is -0.930. The Kier molecular flexibility index (Phi) is 4.74. The zero-order valence-corrected chi connectivity index (χ0v) is 8.85. The average Bonchev–Trinajstić information content (AvgIpc) is 2.06. The maximum atomic E-state index is 2.37. The summed E-state index contributed by atoms with van der Waals surface area (Å²) in [7, 11) is 2.37. The molecule has 0 aliphatic heterocycles. The highest BCUT2D eigenvalue weighted by atomic mass is 15.3. The molecule has 0 saturated heterocycles. The molecule has 0 aromatic rings. The van der Waals surface area contributed by atoms with Crippen LogP contribution in [0, 0.1) is 0 Å². The number of quaternary nitrogens is 1. The smallest absolute Gasteiger partial charge is 0.0882 e. The average molecular weight is 158 g/mol. The molecule has 0 saturated carbocycles. The van der Waals surface area contributed by atoms with Crippen LogP contribution in [0.4, 0.5) is 0 Å². The van der Waals surface area contributed by atoms with Gasteiger partial charge in [-0.25, -0.2) is 0 Å². The molecule has 0 bridgehead atoms. The molecule has 0 fully saturated rings. The van der Waals surface area contributed by atoms with Crippen molar-refractivity contribution in [3.8, 4) is 0 Å². The lowest BCUT2D eigenvalue weighted by Gasteiger charge is -2.39. The van der Waals surface area contributed by atoms with Gasteiger partial charge in [-0.1, -0.05) is 13.8 Å². The number of hydrogen-bond acceptors (Lipinski definition) is 0. The quantitative estimate of drug-likeness (QED) is 0.540. The number of nitrogens with zero attached hydrogens (tertiary/aromatic N) is 1. The van der Waals surface area contributed by atoms with Gasteiger partial charge in [0.25, 0.3) is 0 Å². The van der Waals surface area contributed by atoms with E-state index in [2.05, 4.69) is 34.7 Å². The van der Waals surface area contributed by atoms with Gasteiger partial charge in [-0.05, 0) is 26.7 Å². The van der Waals surface area contributed by atoms with E-state index in [1.807, 2.05) is 0 Å². The molecule has 0 aliphatic rings. The van der Waals surface area contributed by atoms with Gasteiger partial charge in [-0.15, -0.1) is 0 Å². The van der Waals surface area contributed by atoms with Crippen molar-refractivity contribution in [1.82, 2.24) is 0 Å². The van der Waals surface area contributed by atoms with Gasteiger partial charge in [0.15, 0.2) is 0 Å². The molecule has 0 amide bonds. The molecule has 0 aliphatic carbocycles. The van der Waals surface area contributed by atoms with Gasteiger partial charge in [-0.3, -0.25) is 0 Å². The maximum Gasteiger partial charge on any atom is 0.0882 e. The van der Waals surface area contributed by atoms with Gasteiger partial charge >= 0.3 is 0 Å². The van der Waals surface area contributed by atoms with Crippen LogP contribution < -0.4 is 0 Å². The fourth-order valence-electron chi connectivity index (χ4n) is 1.91. The third-order valence-corrected chi connectivity index (χ3v) is 3.27. The van der Waals surface area contributed by atoms with Crippen molar-refractivity contribution >= 4 is 0 Å². The summed E-state index contributed by atoms with van der Waals surface area (Å²) in [6.07, 6.45) is 2.63. The Morgan fingerprint density at radius 2 is 1.27 bits per heavy atom. The van der Waals surface area contributed by atoms with E-state index in [1.165, 1.54) is 30.4 Å². The molecule has 0 aromatic heterocycles. The minimum atomic E-state index is 0.866. The van der Waals surface area contributed by atoms with E-state index in [9.17, 15) is 0 Å². The van der Waals surface area contributed by atoms with Crippen LogP contribution >= 0.6 is 0 Å². The Hall–Kier alpha value is -0.0400. The Morgan fingerprint density at radius 1 is 0.909 bits per heavy atom. The van der Waals surface area contributed by atoms with E-state index in [0.29, 0.717) is 0 Å². The normalized spacial score (nSPS) is 12.5. The summed E-state index contributed by atoms with van der Waals surface area (Å²) in [5, 5.41) is 0. The Morgan fingerprint density at radius 3 is 1.36 bits per heavy atom. The molecule has 11 heavy (non-hydrogen) atoms. The van der Waals surface area contributed by atoms with Crippen molar-refractivity contribution in [2.24, 2.45) is 0 Å². The SMILES string of the molecule is CCC(CC)[N+](C)(CC)CC. The third kappa shape index (κ3) is 2.48. The lowest BCUT2D eigenvalue weighted by Crippen LogP contribution is -2.51. The fraction of sp³-hybridized carbons (Fsp3) is 1.00. The topological polar surface area (TPSA) is 0 Å². The molecule has 0 atom stereocenters. The van der Waals surface area contributed by atoms with Crippen LogP contribution in [0.3, 0.4) is 0 Å². The Bertz CT molecular complexity index is 91.0. The Balaban J connectivity index is 4.19. The van der Waals surface area contributed by atoms with Crippen LogP contribution in [0.1, 0.15) is 40.5 Å². The molecule has 1 heteroatoms. The van der Waals surface area contributed by atoms with Gasteiger partial charge in [0.05, 0.1) is 26.2 Å². The predicted molar refractivity (Wildman–Crippen MR) is 51.6 cm³/mol. The summed E-state index contributed by atoms with van der Waals surface area (Å²) in [5.41, 5.74) is 0. The van der Waals surface area contributed by atoms with E-state index in [1.54, 1.807) is 0 Å². The van der Waals surface area contributed by atoms with Gasteiger partial charge in [0, 0.05) is 0 Å². The largest absolute Gasteiger partial charge is 0.324 e. The van der Waals surface area contributed by atoms with Crippen LogP contribution in [-0.4, -0.2) is 30.7 Å². The summed E-state index contributed by atoms with van der Waals surface area (Å²) in [6.45, 7) is 11.7. The first kappa shape index (κ1) is 11.0. The van der Waals surface area contributed by atoms with Crippen molar-refractivity contribution in [2.45, 2.75) is 46.6 Å². The van der Waals surface area contributed by atoms with E-state index >= 15 is 0 Å². The van der Waals surface area contributed by atoms with Gasteiger partial charge in [0.1, 0.15) is 0 Å². The molecule has 0 aromatic carbocycles. The molecule has 0 heterocycles. The van der Waals surface area contributed by atoms with E-state index in [0.717, 1.165) is 6.04 Å². The lowest BCUT2D eigenvalue weighted by atomic mass is 10.1. The number of rotatable bonds is 5. The molecule has 0 spiro atoms. The molecule has 0 unspecified atom stereocenters. The summed E-state index contributed by atoms with van der Waals surface area (Å²) < 4.78 is 1.24. The molecule has 1 nitrogen and oxygen atoms in total. The van der Waals surface area contributed by atoms with Crippen molar-refractivity contribution < 1.29 is 4.48 Å². The van der Waals surface area contributed by atoms with Crippen LogP contribution in [0.5, 0.6) is 0 Å². The highest BCUT2D eigenvalue weighted by Gasteiger charge is 2.25. The summed E-state index contributed by atoms with van der Waals surface area (Å²) in [4.78, 5) is 0. The predicted octanol–water partition coefficient (Wildman–Crippen LogP) is 2.66. The zero-order chi connectivity index (χ0) is 8.91. The standard InChI is InChI=1S/C10H24N/c1-6-10(7-2)11(5,8-3)9-4/h10H,6-9H2,1-5H3/q+1. The Labute approximate surface area is 72.0 Å². The maximum absolute atomic E-state index is 2.37. The first-order chi connectivity index (χ1) is 5.14.